The van der Waals surface area contributed by atoms with E-state index in [0.717, 1.165) is 5.82 Å². The molecule has 8 nitrogen and oxygen atoms in total. The van der Waals surface area contributed by atoms with Gasteiger partial charge in [-0.1, -0.05) is 0 Å². The Bertz CT molecular complexity index is 628. The second-order valence-electron chi connectivity index (χ2n) is 5.14. The molecule has 1 aliphatic heterocycles. The molecule has 3 heterocycles. The molecule has 2 atom stereocenters. The van der Waals surface area contributed by atoms with Gasteiger partial charge in [0.1, 0.15) is 11.9 Å². The molecule has 1 fully saturated rings. The molecule has 1 amide bonds. The number of thiazole rings is 1. The van der Waals surface area contributed by atoms with Gasteiger partial charge in [-0.15, -0.1) is 11.3 Å². The van der Waals surface area contributed by atoms with Crippen molar-refractivity contribution in [2.75, 3.05) is 25.0 Å². The van der Waals surface area contributed by atoms with Gasteiger partial charge in [-0.3, -0.25) is 14.8 Å². The van der Waals surface area contributed by atoms with Crippen LogP contribution in [-0.4, -0.2) is 56.7 Å². The summed E-state index contributed by atoms with van der Waals surface area (Å²) in [6.07, 6.45) is 1.45. The Morgan fingerprint density at radius 3 is 3.18 bits per heavy atom. The predicted molar refractivity (Wildman–Crippen MR) is 81.6 cm³/mol. The Hall–Kier alpha value is -1.84. The van der Waals surface area contributed by atoms with Crippen LogP contribution in [0.1, 0.15) is 24.7 Å². The smallest absolute Gasteiger partial charge is 0.243 e. The number of aromatic nitrogens is 4. The van der Waals surface area contributed by atoms with Gasteiger partial charge in [0.15, 0.2) is 11.0 Å². The first-order chi connectivity index (χ1) is 10.6. The van der Waals surface area contributed by atoms with Crippen LogP contribution in [0.5, 0.6) is 0 Å². The number of hydrogen-bond donors (Lipinski definition) is 2. The van der Waals surface area contributed by atoms with E-state index < -0.39 is 0 Å². The average molecular weight is 322 g/mol. The molecule has 0 saturated carbocycles. The topological polar surface area (TPSA) is 96.0 Å². The van der Waals surface area contributed by atoms with Gasteiger partial charge in [0, 0.05) is 24.7 Å². The minimum absolute atomic E-state index is 0.0678. The summed E-state index contributed by atoms with van der Waals surface area (Å²) in [5, 5.41) is 12.2. The van der Waals surface area contributed by atoms with Crippen LogP contribution in [0.4, 0.5) is 5.13 Å². The standard InChI is InChI=1S/C13H18N6O2S/c1-8(12(20)16-13-14-3-6-22-13)19-4-5-21-10(7-19)11-15-9(2)17-18-11/h3,6,8,10H,4-5,7H2,1-2H3,(H,14,16,20)(H,15,17,18). The summed E-state index contributed by atoms with van der Waals surface area (Å²) in [6.45, 7) is 5.57. The van der Waals surface area contributed by atoms with E-state index in [0.29, 0.717) is 30.7 Å². The fourth-order valence-electron chi connectivity index (χ4n) is 2.34. The van der Waals surface area contributed by atoms with Crippen molar-refractivity contribution >= 4 is 22.4 Å². The molecule has 3 rings (SSSR count). The van der Waals surface area contributed by atoms with Crippen LogP contribution < -0.4 is 5.32 Å². The van der Waals surface area contributed by atoms with Crippen molar-refractivity contribution in [2.45, 2.75) is 26.0 Å². The Balaban J connectivity index is 1.62. The number of amides is 1. The summed E-state index contributed by atoms with van der Waals surface area (Å²) in [5.74, 6) is 1.32. The number of nitrogens with one attached hydrogen (secondary N) is 2. The van der Waals surface area contributed by atoms with Gasteiger partial charge >= 0.3 is 0 Å². The van der Waals surface area contributed by atoms with Crippen molar-refractivity contribution in [1.82, 2.24) is 25.1 Å². The van der Waals surface area contributed by atoms with Crippen LogP contribution in [0.3, 0.4) is 0 Å². The second kappa shape index (κ2) is 6.51. The van der Waals surface area contributed by atoms with E-state index in [1.807, 2.05) is 19.2 Å². The number of rotatable bonds is 4. The quantitative estimate of drug-likeness (QED) is 0.871. The minimum Gasteiger partial charge on any atom is -0.367 e. The first-order valence-electron chi connectivity index (χ1n) is 7.08. The Morgan fingerprint density at radius 1 is 1.64 bits per heavy atom. The number of morpholine rings is 1. The van der Waals surface area contributed by atoms with Crippen LogP contribution in [0.15, 0.2) is 11.6 Å². The highest BCUT2D eigenvalue weighted by Gasteiger charge is 2.30. The molecular weight excluding hydrogens is 304 g/mol. The third-order valence-corrected chi connectivity index (χ3v) is 4.28. The summed E-state index contributed by atoms with van der Waals surface area (Å²) in [6, 6.07) is -0.268. The van der Waals surface area contributed by atoms with E-state index in [1.54, 1.807) is 6.20 Å². The molecule has 0 spiro atoms. The number of carbonyl (C=O) groups excluding carboxylic acids is 1. The van der Waals surface area contributed by atoms with Gasteiger partial charge in [0.2, 0.25) is 5.91 Å². The van der Waals surface area contributed by atoms with Crippen molar-refractivity contribution in [2.24, 2.45) is 0 Å². The summed E-state index contributed by atoms with van der Waals surface area (Å²) >= 11 is 1.41. The lowest BCUT2D eigenvalue weighted by molar-refractivity contribution is -0.124. The Morgan fingerprint density at radius 2 is 2.50 bits per heavy atom. The molecule has 118 valence electrons. The second-order valence-corrected chi connectivity index (χ2v) is 6.03. The van der Waals surface area contributed by atoms with E-state index in [9.17, 15) is 4.79 Å². The van der Waals surface area contributed by atoms with E-state index in [4.69, 9.17) is 4.74 Å². The maximum absolute atomic E-state index is 12.3. The summed E-state index contributed by atoms with van der Waals surface area (Å²) in [5.41, 5.74) is 0. The molecule has 0 aliphatic carbocycles. The zero-order chi connectivity index (χ0) is 15.5. The van der Waals surface area contributed by atoms with Gasteiger partial charge in [0.05, 0.1) is 12.6 Å². The first-order valence-corrected chi connectivity index (χ1v) is 7.96. The van der Waals surface area contributed by atoms with Crippen LogP contribution in [-0.2, 0) is 9.53 Å². The highest BCUT2D eigenvalue weighted by Crippen LogP contribution is 2.21. The molecule has 2 aromatic heterocycles. The number of hydrogen-bond acceptors (Lipinski definition) is 7. The maximum atomic E-state index is 12.3. The third kappa shape index (κ3) is 3.32. The van der Waals surface area contributed by atoms with Gasteiger partial charge < -0.3 is 10.1 Å². The van der Waals surface area contributed by atoms with E-state index in [-0.39, 0.29) is 18.1 Å². The zero-order valence-electron chi connectivity index (χ0n) is 12.4. The maximum Gasteiger partial charge on any atom is 0.243 e. The molecule has 1 aliphatic rings. The van der Waals surface area contributed by atoms with Crippen molar-refractivity contribution < 1.29 is 9.53 Å². The lowest BCUT2D eigenvalue weighted by Crippen LogP contribution is -2.48. The molecule has 0 bridgehead atoms. The molecule has 0 aromatic carbocycles. The molecule has 9 heteroatoms. The first kappa shape index (κ1) is 15.1. The van der Waals surface area contributed by atoms with Crippen LogP contribution in [0, 0.1) is 6.92 Å². The molecule has 2 N–H and O–H groups in total. The van der Waals surface area contributed by atoms with E-state index in [1.165, 1.54) is 11.3 Å². The molecule has 0 radical (unpaired) electrons. The molecule has 22 heavy (non-hydrogen) atoms. The lowest BCUT2D eigenvalue weighted by Gasteiger charge is -2.34. The highest BCUT2D eigenvalue weighted by atomic mass is 32.1. The van der Waals surface area contributed by atoms with E-state index in [2.05, 4.69) is 30.4 Å². The van der Waals surface area contributed by atoms with Gasteiger partial charge in [0.25, 0.3) is 0 Å². The van der Waals surface area contributed by atoms with Crippen molar-refractivity contribution in [3.8, 4) is 0 Å². The average Bonchev–Trinajstić information content (AvgIpc) is 3.18. The third-order valence-electron chi connectivity index (χ3n) is 3.59. The number of nitrogens with zero attached hydrogens (tertiary/aromatic N) is 4. The normalized spacial score (nSPS) is 20.7. The number of aromatic amines is 1. The predicted octanol–water partition coefficient (Wildman–Crippen LogP) is 0.970. The molecule has 1 saturated heterocycles. The molecular formula is C13H18N6O2S. The van der Waals surface area contributed by atoms with Crippen molar-refractivity contribution in [3.63, 3.8) is 0 Å². The fraction of sp³-hybridized carbons (Fsp3) is 0.538. The van der Waals surface area contributed by atoms with Crippen LogP contribution in [0.2, 0.25) is 0 Å². The molecule has 2 unspecified atom stereocenters. The largest absolute Gasteiger partial charge is 0.367 e. The summed E-state index contributed by atoms with van der Waals surface area (Å²) < 4.78 is 5.71. The van der Waals surface area contributed by atoms with Crippen molar-refractivity contribution in [3.05, 3.63) is 23.2 Å². The summed E-state index contributed by atoms with van der Waals surface area (Å²) in [7, 11) is 0. The SMILES string of the molecule is Cc1nc(C2CN(C(C)C(=O)Nc3nccs3)CCO2)n[nH]1. The zero-order valence-corrected chi connectivity index (χ0v) is 13.3. The van der Waals surface area contributed by atoms with Gasteiger partial charge in [-0.25, -0.2) is 9.97 Å². The molecule has 2 aromatic rings. The number of anilines is 1. The summed E-state index contributed by atoms with van der Waals surface area (Å²) in [4.78, 5) is 22.7. The van der Waals surface area contributed by atoms with E-state index >= 15 is 0 Å². The van der Waals surface area contributed by atoms with Gasteiger partial charge in [-0.05, 0) is 13.8 Å². The van der Waals surface area contributed by atoms with Crippen LogP contribution in [0.25, 0.3) is 0 Å². The fourth-order valence-corrected chi connectivity index (χ4v) is 2.87. The Labute approximate surface area is 131 Å². The highest BCUT2D eigenvalue weighted by molar-refractivity contribution is 7.13. The number of ether oxygens (including phenoxy) is 1. The monoisotopic (exact) mass is 322 g/mol. The minimum atomic E-state index is -0.268. The number of carbonyl (C=O) groups is 1. The van der Waals surface area contributed by atoms with Crippen molar-refractivity contribution in [1.29, 1.82) is 0 Å². The lowest BCUT2D eigenvalue weighted by atomic mass is 10.2. The Kier molecular flexibility index (Phi) is 4.46. The van der Waals surface area contributed by atoms with Gasteiger partial charge in [-0.2, -0.15) is 5.10 Å². The number of H-pyrrole nitrogens is 1. The number of aryl methyl sites for hydroxylation is 1. The van der Waals surface area contributed by atoms with Crippen LogP contribution >= 0.6 is 11.3 Å².